The van der Waals surface area contributed by atoms with Crippen LogP contribution >= 0.6 is 22.9 Å². The van der Waals surface area contributed by atoms with E-state index in [9.17, 15) is 8.42 Å². The molecule has 0 amide bonds. The normalized spacial score (nSPS) is 17.1. The monoisotopic (exact) mass is 309 g/mol. The second kappa shape index (κ2) is 5.46. The van der Waals surface area contributed by atoms with Crippen LogP contribution in [0.5, 0.6) is 0 Å². The lowest BCUT2D eigenvalue weighted by atomic mass is 9.93. The largest absolute Gasteiger partial charge is 0.395 e. The van der Waals surface area contributed by atoms with E-state index in [0.717, 1.165) is 36.2 Å². The summed E-state index contributed by atoms with van der Waals surface area (Å²) in [6.07, 6.45) is 2.79. The van der Waals surface area contributed by atoms with Gasteiger partial charge in [-0.05, 0) is 31.4 Å². The third-order valence-electron chi connectivity index (χ3n) is 3.20. The second-order valence-corrected chi connectivity index (χ2v) is 8.22. The molecule has 0 aromatic carbocycles. The summed E-state index contributed by atoms with van der Waals surface area (Å²) in [4.78, 5) is 0. The van der Waals surface area contributed by atoms with Gasteiger partial charge < -0.3 is 5.11 Å². The topological polar surface area (TPSA) is 57.6 Å². The van der Waals surface area contributed by atoms with Crippen molar-refractivity contribution in [1.82, 2.24) is 4.31 Å². The number of aliphatic hydroxyl groups is 1. The summed E-state index contributed by atoms with van der Waals surface area (Å²) >= 11 is 7.01. The Balaban J connectivity index is 2.32. The van der Waals surface area contributed by atoms with Crippen LogP contribution in [0.4, 0.5) is 0 Å². The van der Waals surface area contributed by atoms with E-state index in [1.165, 1.54) is 4.31 Å². The number of nitrogens with zero attached hydrogens (tertiary/aromatic N) is 1. The average Bonchev–Trinajstić information content (AvgIpc) is 2.57. The maximum absolute atomic E-state index is 12.5. The number of aliphatic hydroxyl groups excluding tert-OH is 1. The van der Waals surface area contributed by atoms with Gasteiger partial charge in [0.1, 0.15) is 4.21 Å². The van der Waals surface area contributed by atoms with Crippen LogP contribution in [0.3, 0.4) is 0 Å². The maximum Gasteiger partial charge on any atom is 0.252 e. The lowest BCUT2D eigenvalue weighted by Gasteiger charge is -2.35. The van der Waals surface area contributed by atoms with E-state index in [4.69, 9.17) is 16.7 Å². The fraction of sp³-hybridized carbons (Fsp3) is 0.636. The first-order valence-electron chi connectivity index (χ1n) is 5.85. The highest BCUT2D eigenvalue weighted by Gasteiger charge is 2.35. The lowest BCUT2D eigenvalue weighted by Crippen LogP contribution is -2.45. The molecule has 0 atom stereocenters. The van der Waals surface area contributed by atoms with Crippen molar-refractivity contribution in [2.75, 3.05) is 13.2 Å². The number of hydrogen-bond donors (Lipinski definition) is 1. The Labute approximate surface area is 116 Å². The summed E-state index contributed by atoms with van der Waals surface area (Å²) in [5, 5.41) is 9.05. The molecule has 0 spiro atoms. The minimum Gasteiger partial charge on any atom is -0.395 e. The molecule has 7 heteroatoms. The highest BCUT2D eigenvalue weighted by Crippen LogP contribution is 2.35. The Morgan fingerprint density at radius 1 is 1.56 bits per heavy atom. The molecule has 1 fully saturated rings. The van der Waals surface area contributed by atoms with Crippen LogP contribution in [0.15, 0.2) is 10.3 Å². The molecule has 1 saturated carbocycles. The SMILES string of the molecule is Cc1cc(S(=O)(=O)N(CCO)C2CCC2)sc1Cl. The van der Waals surface area contributed by atoms with E-state index < -0.39 is 10.0 Å². The average molecular weight is 310 g/mol. The van der Waals surface area contributed by atoms with Crippen molar-refractivity contribution in [2.45, 2.75) is 36.4 Å². The minimum absolute atomic E-state index is 0.0309. The highest BCUT2D eigenvalue weighted by atomic mass is 35.5. The van der Waals surface area contributed by atoms with Crippen LogP contribution < -0.4 is 0 Å². The van der Waals surface area contributed by atoms with Gasteiger partial charge in [0.2, 0.25) is 0 Å². The predicted octanol–water partition coefficient (Wildman–Crippen LogP) is 2.25. The smallest absolute Gasteiger partial charge is 0.252 e. The van der Waals surface area contributed by atoms with E-state index in [0.29, 0.717) is 4.34 Å². The van der Waals surface area contributed by atoms with Gasteiger partial charge in [-0.15, -0.1) is 11.3 Å². The Morgan fingerprint density at radius 3 is 2.61 bits per heavy atom. The summed E-state index contributed by atoms with van der Waals surface area (Å²) in [7, 11) is -3.52. The molecule has 0 saturated heterocycles. The number of halogens is 1. The number of sulfonamides is 1. The summed E-state index contributed by atoms with van der Waals surface area (Å²) in [5.41, 5.74) is 0.776. The summed E-state index contributed by atoms with van der Waals surface area (Å²) in [6, 6.07) is 1.63. The molecule has 1 aliphatic carbocycles. The van der Waals surface area contributed by atoms with Crippen LogP contribution in [0.25, 0.3) is 0 Å². The summed E-state index contributed by atoms with van der Waals surface area (Å²) in [5.74, 6) is 0. The van der Waals surface area contributed by atoms with E-state index in [-0.39, 0.29) is 23.4 Å². The molecule has 0 bridgehead atoms. The van der Waals surface area contributed by atoms with Crippen molar-refractivity contribution in [3.8, 4) is 0 Å². The lowest BCUT2D eigenvalue weighted by molar-refractivity contribution is 0.178. The van der Waals surface area contributed by atoms with E-state index >= 15 is 0 Å². The van der Waals surface area contributed by atoms with Crippen molar-refractivity contribution >= 4 is 33.0 Å². The number of thiophene rings is 1. The fourth-order valence-corrected chi connectivity index (χ4v) is 5.46. The maximum atomic E-state index is 12.5. The standard InChI is InChI=1S/C11H16ClNO3S2/c1-8-7-10(17-11(8)12)18(15,16)13(5-6-14)9-3-2-4-9/h7,9,14H,2-6H2,1H3. The molecule has 1 heterocycles. The first-order valence-corrected chi connectivity index (χ1v) is 8.49. The minimum atomic E-state index is -3.52. The van der Waals surface area contributed by atoms with Crippen LogP contribution in [-0.4, -0.2) is 37.0 Å². The Hall–Kier alpha value is -0.140. The molecule has 18 heavy (non-hydrogen) atoms. The molecular weight excluding hydrogens is 294 g/mol. The quantitative estimate of drug-likeness (QED) is 0.907. The van der Waals surface area contributed by atoms with Crippen LogP contribution in [0.2, 0.25) is 4.34 Å². The molecule has 2 rings (SSSR count). The molecule has 0 aliphatic heterocycles. The Morgan fingerprint density at radius 2 is 2.22 bits per heavy atom. The first kappa shape index (κ1) is 14.3. The molecular formula is C11H16ClNO3S2. The Kier molecular flexibility index (Phi) is 4.33. The highest BCUT2D eigenvalue weighted by molar-refractivity contribution is 7.91. The number of rotatable bonds is 5. The van der Waals surface area contributed by atoms with Crippen molar-refractivity contribution in [2.24, 2.45) is 0 Å². The summed E-state index contributed by atoms with van der Waals surface area (Å²) in [6.45, 7) is 1.78. The van der Waals surface area contributed by atoms with Crippen molar-refractivity contribution < 1.29 is 13.5 Å². The van der Waals surface area contributed by atoms with Gasteiger partial charge in [-0.2, -0.15) is 4.31 Å². The van der Waals surface area contributed by atoms with Gasteiger partial charge in [0.15, 0.2) is 0 Å². The number of hydrogen-bond acceptors (Lipinski definition) is 4. The van der Waals surface area contributed by atoms with Gasteiger partial charge in [0.25, 0.3) is 10.0 Å². The van der Waals surface area contributed by atoms with Crippen LogP contribution in [0.1, 0.15) is 24.8 Å². The second-order valence-electron chi connectivity index (χ2n) is 4.45. The molecule has 102 valence electrons. The van der Waals surface area contributed by atoms with Gasteiger partial charge in [-0.3, -0.25) is 0 Å². The number of aryl methyl sites for hydroxylation is 1. The van der Waals surface area contributed by atoms with Gasteiger partial charge in [-0.1, -0.05) is 18.0 Å². The molecule has 1 N–H and O–H groups in total. The molecule has 0 radical (unpaired) electrons. The zero-order valence-corrected chi connectivity index (χ0v) is 12.5. The first-order chi connectivity index (χ1) is 8.46. The van der Waals surface area contributed by atoms with Gasteiger partial charge in [0, 0.05) is 12.6 Å². The molecule has 4 nitrogen and oxygen atoms in total. The van der Waals surface area contributed by atoms with E-state index in [2.05, 4.69) is 0 Å². The van der Waals surface area contributed by atoms with Gasteiger partial charge in [-0.25, -0.2) is 8.42 Å². The van der Waals surface area contributed by atoms with Crippen LogP contribution in [-0.2, 0) is 10.0 Å². The molecule has 1 aromatic heterocycles. The van der Waals surface area contributed by atoms with Gasteiger partial charge >= 0.3 is 0 Å². The van der Waals surface area contributed by atoms with E-state index in [1.54, 1.807) is 13.0 Å². The van der Waals surface area contributed by atoms with Crippen molar-refractivity contribution in [3.63, 3.8) is 0 Å². The molecule has 0 unspecified atom stereocenters. The molecule has 1 aromatic rings. The zero-order chi connectivity index (χ0) is 13.3. The summed E-state index contributed by atoms with van der Waals surface area (Å²) < 4.78 is 27.2. The van der Waals surface area contributed by atoms with Crippen LogP contribution in [0, 0.1) is 6.92 Å². The van der Waals surface area contributed by atoms with Crippen molar-refractivity contribution in [3.05, 3.63) is 16.0 Å². The third-order valence-corrected chi connectivity index (χ3v) is 7.16. The van der Waals surface area contributed by atoms with Crippen molar-refractivity contribution in [1.29, 1.82) is 0 Å². The molecule has 1 aliphatic rings. The zero-order valence-electron chi connectivity index (χ0n) is 10.1. The van der Waals surface area contributed by atoms with E-state index in [1.807, 2.05) is 0 Å². The Bertz CT molecular complexity index is 503. The van der Waals surface area contributed by atoms with Gasteiger partial charge in [0.05, 0.1) is 10.9 Å². The third kappa shape index (κ3) is 2.58. The fourth-order valence-electron chi connectivity index (χ4n) is 1.95. The predicted molar refractivity (Wildman–Crippen MR) is 72.7 cm³/mol.